The van der Waals surface area contributed by atoms with Gasteiger partial charge in [-0.05, 0) is 50.2 Å². The molecule has 25 heavy (non-hydrogen) atoms. The molecule has 1 aliphatic heterocycles. The van der Waals surface area contributed by atoms with Gasteiger partial charge < -0.3 is 4.74 Å². The highest BCUT2D eigenvalue weighted by atomic mass is 16.5. The molecule has 0 spiro atoms. The quantitative estimate of drug-likeness (QED) is 0.771. The molecule has 6 nitrogen and oxygen atoms in total. The van der Waals surface area contributed by atoms with Gasteiger partial charge in [-0.1, -0.05) is 6.42 Å². The van der Waals surface area contributed by atoms with Crippen LogP contribution in [0.2, 0.25) is 0 Å². The summed E-state index contributed by atoms with van der Waals surface area (Å²) in [4.78, 5) is 11.3. The average Bonchev–Trinajstić information content (AvgIpc) is 3.20. The zero-order chi connectivity index (χ0) is 16.9. The zero-order valence-electron chi connectivity index (χ0n) is 14.1. The van der Waals surface area contributed by atoms with Crippen LogP contribution in [-0.2, 0) is 6.54 Å². The van der Waals surface area contributed by atoms with Crippen molar-refractivity contribution in [3.63, 3.8) is 0 Å². The van der Waals surface area contributed by atoms with Crippen LogP contribution in [0.15, 0.2) is 48.9 Å². The predicted molar refractivity (Wildman–Crippen MR) is 95.3 cm³/mol. The van der Waals surface area contributed by atoms with E-state index in [1.165, 1.54) is 32.4 Å². The second-order valence-corrected chi connectivity index (χ2v) is 6.28. The number of hydrogen-bond donors (Lipinski definition) is 1. The van der Waals surface area contributed by atoms with Gasteiger partial charge in [0, 0.05) is 30.6 Å². The van der Waals surface area contributed by atoms with Gasteiger partial charge in [0.05, 0.1) is 17.6 Å². The molecule has 0 aromatic carbocycles. The Morgan fingerprint density at radius 3 is 2.56 bits per heavy atom. The number of aromatic amines is 1. The Kier molecular flexibility index (Phi) is 4.70. The first-order valence-electron chi connectivity index (χ1n) is 8.68. The molecule has 0 aliphatic carbocycles. The predicted octanol–water partition coefficient (Wildman–Crippen LogP) is 3.64. The van der Waals surface area contributed by atoms with Crippen LogP contribution in [-0.4, -0.2) is 38.2 Å². The third-order valence-electron chi connectivity index (χ3n) is 4.40. The summed E-state index contributed by atoms with van der Waals surface area (Å²) in [6.07, 6.45) is 9.19. The molecule has 1 N–H and O–H groups in total. The fourth-order valence-corrected chi connectivity index (χ4v) is 3.05. The van der Waals surface area contributed by atoms with E-state index in [0.29, 0.717) is 11.6 Å². The average molecular weight is 335 g/mol. The summed E-state index contributed by atoms with van der Waals surface area (Å²) in [5.74, 6) is 1.25. The maximum atomic E-state index is 5.78. The van der Waals surface area contributed by atoms with E-state index in [9.17, 15) is 0 Å². The van der Waals surface area contributed by atoms with Gasteiger partial charge >= 0.3 is 0 Å². The second-order valence-electron chi connectivity index (χ2n) is 6.28. The summed E-state index contributed by atoms with van der Waals surface area (Å²) in [5, 5.41) is 6.86. The number of piperidine rings is 1. The Morgan fingerprint density at radius 2 is 1.88 bits per heavy atom. The maximum absolute atomic E-state index is 5.78. The number of pyridine rings is 2. The SMILES string of the molecule is c1cc(-c2ccc(Oc3ccc(CN4CCCCC4)nc3)nc2)[nH]n1. The molecular weight excluding hydrogens is 314 g/mol. The topological polar surface area (TPSA) is 66.9 Å². The van der Waals surface area contributed by atoms with E-state index in [1.54, 1.807) is 18.6 Å². The van der Waals surface area contributed by atoms with Crippen LogP contribution < -0.4 is 4.74 Å². The van der Waals surface area contributed by atoms with E-state index in [2.05, 4.69) is 25.1 Å². The van der Waals surface area contributed by atoms with Gasteiger partial charge in [0.2, 0.25) is 5.88 Å². The Morgan fingerprint density at radius 1 is 0.960 bits per heavy atom. The molecule has 0 unspecified atom stereocenters. The maximum Gasteiger partial charge on any atom is 0.219 e. The van der Waals surface area contributed by atoms with Crippen molar-refractivity contribution in [2.45, 2.75) is 25.8 Å². The summed E-state index contributed by atoms with van der Waals surface area (Å²) in [7, 11) is 0. The Labute approximate surface area is 146 Å². The Hall–Kier alpha value is -2.73. The highest BCUT2D eigenvalue weighted by Gasteiger charge is 2.11. The van der Waals surface area contributed by atoms with Gasteiger partial charge in [0.1, 0.15) is 5.75 Å². The Bertz CT molecular complexity index is 778. The molecule has 0 radical (unpaired) electrons. The normalized spacial score (nSPS) is 15.2. The number of ether oxygens (including phenoxy) is 1. The van der Waals surface area contributed by atoms with Crippen LogP contribution >= 0.6 is 0 Å². The van der Waals surface area contributed by atoms with E-state index in [0.717, 1.165) is 23.5 Å². The second kappa shape index (κ2) is 7.44. The number of rotatable bonds is 5. The fraction of sp³-hybridized carbons (Fsp3) is 0.316. The molecule has 3 aromatic rings. The number of nitrogens with one attached hydrogen (secondary N) is 1. The molecule has 0 amide bonds. The standard InChI is InChI=1S/C19H21N5O/c1-2-10-24(11-3-1)14-16-5-6-17(13-20-16)25-19-7-4-15(12-21-19)18-8-9-22-23-18/h4-9,12-13H,1-3,10-11,14H2,(H,22,23). The van der Waals surface area contributed by atoms with Crippen LogP contribution in [0, 0.1) is 0 Å². The monoisotopic (exact) mass is 335 g/mol. The van der Waals surface area contributed by atoms with Crippen molar-refractivity contribution in [3.05, 3.63) is 54.6 Å². The molecule has 128 valence electrons. The van der Waals surface area contributed by atoms with Crippen molar-refractivity contribution in [1.82, 2.24) is 25.1 Å². The van der Waals surface area contributed by atoms with Crippen molar-refractivity contribution in [1.29, 1.82) is 0 Å². The number of nitrogens with zero attached hydrogens (tertiary/aromatic N) is 4. The molecule has 0 bridgehead atoms. The van der Waals surface area contributed by atoms with Crippen molar-refractivity contribution in [3.8, 4) is 22.9 Å². The van der Waals surface area contributed by atoms with Crippen molar-refractivity contribution < 1.29 is 4.74 Å². The molecular formula is C19H21N5O. The first kappa shape index (κ1) is 15.8. The van der Waals surface area contributed by atoms with Gasteiger partial charge in [0.15, 0.2) is 0 Å². The smallest absolute Gasteiger partial charge is 0.219 e. The lowest BCUT2D eigenvalue weighted by molar-refractivity contribution is 0.218. The summed E-state index contributed by atoms with van der Waals surface area (Å²) >= 11 is 0. The minimum atomic E-state index is 0.550. The minimum absolute atomic E-state index is 0.550. The summed E-state index contributed by atoms with van der Waals surface area (Å²) in [5.41, 5.74) is 2.99. The molecule has 1 saturated heterocycles. The zero-order valence-corrected chi connectivity index (χ0v) is 14.1. The fourth-order valence-electron chi connectivity index (χ4n) is 3.05. The Balaban J connectivity index is 1.37. The highest BCUT2D eigenvalue weighted by Crippen LogP contribution is 2.22. The van der Waals surface area contributed by atoms with E-state index in [1.807, 2.05) is 30.3 Å². The summed E-state index contributed by atoms with van der Waals surface area (Å²) in [6, 6.07) is 9.69. The molecule has 4 heterocycles. The van der Waals surface area contributed by atoms with Gasteiger partial charge in [-0.15, -0.1) is 0 Å². The van der Waals surface area contributed by atoms with E-state index < -0.39 is 0 Å². The molecule has 3 aromatic heterocycles. The van der Waals surface area contributed by atoms with Crippen molar-refractivity contribution >= 4 is 0 Å². The van der Waals surface area contributed by atoms with Gasteiger partial charge in [-0.2, -0.15) is 5.10 Å². The van der Waals surface area contributed by atoms with E-state index in [-0.39, 0.29) is 0 Å². The molecule has 1 fully saturated rings. The van der Waals surface area contributed by atoms with Crippen LogP contribution in [0.4, 0.5) is 0 Å². The van der Waals surface area contributed by atoms with Crippen LogP contribution in [0.5, 0.6) is 11.6 Å². The third kappa shape index (κ3) is 4.03. The lowest BCUT2D eigenvalue weighted by Gasteiger charge is -2.25. The van der Waals surface area contributed by atoms with E-state index in [4.69, 9.17) is 4.74 Å². The van der Waals surface area contributed by atoms with Crippen LogP contribution in [0.25, 0.3) is 11.3 Å². The minimum Gasteiger partial charge on any atom is -0.437 e. The molecule has 4 rings (SSSR count). The molecule has 0 saturated carbocycles. The van der Waals surface area contributed by atoms with Crippen molar-refractivity contribution in [2.24, 2.45) is 0 Å². The molecule has 0 atom stereocenters. The largest absolute Gasteiger partial charge is 0.437 e. The van der Waals surface area contributed by atoms with Gasteiger partial charge in [-0.3, -0.25) is 15.0 Å². The number of likely N-dealkylation sites (tertiary alicyclic amines) is 1. The number of hydrogen-bond acceptors (Lipinski definition) is 5. The summed E-state index contributed by atoms with van der Waals surface area (Å²) in [6.45, 7) is 3.26. The lowest BCUT2D eigenvalue weighted by atomic mass is 10.1. The van der Waals surface area contributed by atoms with Crippen LogP contribution in [0.3, 0.4) is 0 Å². The van der Waals surface area contributed by atoms with Crippen molar-refractivity contribution in [2.75, 3.05) is 13.1 Å². The lowest BCUT2D eigenvalue weighted by Crippen LogP contribution is -2.29. The van der Waals surface area contributed by atoms with Gasteiger partial charge in [-0.25, -0.2) is 4.98 Å². The molecule has 6 heteroatoms. The van der Waals surface area contributed by atoms with Gasteiger partial charge in [0.25, 0.3) is 0 Å². The van der Waals surface area contributed by atoms with E-state index >= 15 is 0 Å². The number of aromatic nitrogens is 4. The summed E-state index contributed by atoms with van der Waals surface area (Å²) < 4.78 is 5.78. The molecule has 1 aliphatic rings. The third-order valence-corrected chi connectivity index (χ3v) is 4.40. The first-order valence-corrected chi connectivity index (χ1v) is 8.68. The van der Waals surface area contributed by atoms with Crippen LogP contribution in [0.1, 0.15) is 25.0 Å². The highest BCUT2D eigenvalue weighted by molar-refractivity contribution is 5.57. The number of H-pyrrole nitrogens is 1. The first-order chi connectivity index (χ1) is 12.4.